The van der Waals surface area contributed by atoms with Crippen LogP contribution in [-0.4, -0.2) is 39.8 Å². The number of hydrogen-bond acceptors (Lipinski definition) is 6. The first-order chi connectivity index (χ1) is 11.7. The fourth-order valence-corrected chi connectivity index (χ4v) is 2.88. The maximum Gasteiger partial charge on any atom is 0.499 e. The zero-order chi connectivity index (χ0) is 18.2. The van der Waals surface area contributed by atoms with E-state index >= 15 is 0 Å². The molecule has 2 N–H and O–H groups in total. The van der Waals surface area contributed by atoms with Gasteiger partial charge in [-0.25, -0.2) is 4.98 Å². The van der Waals surface area contributed by atoms with E-state index in [1.807, 2.05) is 40.7 Å². The standard InChI is InChI=1S/C16H23BN4O4/c1-6-7-12(22)19-14-11-8-10(9-18-13(11)20-21-14)17-24-15(2,3)23-16(4,5)25-17/h8-9H,6-7H2,1-5H3,(H2,18,19,20,21,22). The Labute approximate surface area is 146 Å². The first-order valence-corrected chi connectivity index (χ1v) is 8.39. The second-order valence-corrected chi connectivity index (χ2v) is 7.01. The molecule has 0 saturated carbocycles. The second kappa shape index (κ2) is 6.40. The number of amides is 1. The molecule has 0 aliphatic carbocycles. The quantitative estimate of drug-likeness (QED) is 0.821. The SMILES string of the molecule is CCCC(=O)Nc1[nH]nc2ncc(B3OC(C)(C)OC(C)(C)O3)cc12. The summed E-state index contributed by atoms with van der Waals surface area (Å²) in [5.74, 6) is -1.14. The number of nitrogens with zero attached hydrogens (tertiary/aromatic N) is 2. The molecule has 8 nitrogen and oxygen atoms in total. The smallest absolute Gasteiger partial charge is 0.379 e. The van der Waals surface area contributed by atoms with E-state index in [0.717, 1.165) is 11.9 Å². The van der Waals surface area contributed by atoms with E-state index in [0.29, 0.717) is 23.3 Å². The van der Waals surface area contributed by atoms with Crippen molar-refractivity contribution in [2.24, 2.45) is 0 Å². The van der Waals surface area contributed by atoms with Crippen LogP contribution in [-0.2, 0) is 18.8 Å². The summed E-state index contributed by atoms with van der Waals surface area (Å²) in [7, 11) is -0.634. The second-order valence-electron chi connectivity index (χ2n) is 7.01. The van der Waals surface area contributed by atoms with Crippen LogP contribution in [0, 0.1) is 0 Å². The largest absolute Gasteiger partial charge is 0.499 e. The molecule has 0 bridgehead atoms. The van der Waals surface area contributed by atoms with Crippen LogP contribution in [0.4, 0.5) is 5.82 Å². The highest BCUT2D eigenvalue weighted by molar-refractivity contribution is 6.61. The molecule has 9 heteroatoms. The van der Waals surface area contributed by atoms with Gasteiger partial charge < -0.3 is 19.4 Å². The van der Waals surface area contributed by atoms with E-state index in [4.69, 9.17) is 14.0 Å². The van der Waals surface area contributed by atoms with Crippen molar-refractivity contribution in [3.05, 3.63) is 12.3 Å². The van der Waals surface area contributed by atoms with Gasteiger partial charge in [0.25, 0.3) is 0 Å². The molecule has 1 aliphatic heterocycles. The lowest BCUT2D eigenvalue weighted by Crippen LogP contribution is -2.58. The van der Waals surface area contributed by atoms with Gasteiger partial charge in [0.05, 0.1) is 5.39 Å². The third-order valence-corrected chi connectivity index (χ3v) is 3.72. The fraction of sp³-hybridized carbons (Fsp3) is 0.562. The molecule has 2 aromatic heterocycles. The van der Waals surface area contributed by atoms with Crippen LogP contribution in [0.5, 0.6) is 0 Å². The number of carbonyl (C=O) groups excluding carboxylic acids is 1. The van der Waals surface area contributed by atoms with Gasteiger partial charge in [-0.2, -0.15) is 5.10 Å². The van der Waals surface area contributed by atoms with Crippen LogP contribution in [0.1, 0.15) is 47.5 Å². The van der Waals surface area contributed by atoms with E-state index in [1.54, 1.807) is 6.20 Å². The summed E-state index contributed by atoms with van der Waals surface area (Å²) in [5, 5.41) is 10.5. The number of carbonyl (C=O) groups is 1. The molecule has 0 radical (unpaired) electrons. The van der Waals surface area contributed by atoms with Crippen LogP contribution in [0.15, 0.2) is 12.3 Å². The lowest BCUT2D eigenvalue weighted by molar-refractivity contribution is -0.325. The van der Waals surface area contributed by atoms with Gasteiger partial charge >= 0.3 is 7.12 Å². The predicted molar refractivity (Wildman–Crippen MR) is 94.2 cm³/mol. The Morgan fingerprint density at radius 3 is 2.60 bits per heavy atom. The van der Waals surface area contributed by atoms with Crippen LogP contribution in [0.2, 0.25) is 0 Å². The molecular weight excluding hydrogens is 323 g/mol. The molecule has 0 unspecified atom stereocenters. The monoisotopic (exact) mass is 346 g/mol. The van der Waals surface area contributed by atoms with Gasteiger partial charge in [0.1, 0.15) is 5.82 Å². The molecule has 2 aromatic rings. The number of rotatable bonds is 4. The normalized spacial score (nSPS) is 19.2. The Bertz CT molecular complexity index is 774. The Morgan fingerprint density at radius 1 is 1.28 bits per heavy atom. The van der Waals surface area contributed by atoms with Crippen molar-refractivity contribution in [2.45, 2.75) is 59.0 Å². The van der Waals surface area contributed by atoms with Gasteiger partial charge in [-0.15, -0.1) is 0 Å². The molecule has 0 spiro atoms. The van der Waals surface area contributed by atoms with Gasteiger partial charge in [-0.1, -0.05) is 6.92 Å². The molecule has 25 heavy (non-hydrogen) atoms. The highest BCUT2D eigenvalue weighted by Crippen LogP contribution is 2.30. The van der Waals surface area contributed by atoms with Crippen molar-refractivity contribution >= 4 is 35.3 Å². The molecule has 0 atom stereocenters. The minimum Gasteiger partial charge on any atom is -0.379 e. The summed E-state index contributed by atoms with van der Waals surface area (Å²) in [6, 6.07) is 1.86. The molecule has 134 valence electrons. The number of nitrogens with one attached hydrogen (secondary N) is 2. The maximum atomic E-state index is 11.9. The zero-order valence-electron chi connectivity index (χ0n) is 15.2. The third kappa shape index (κ3) is 4.00. The van der Waals surface area contributed by atoms with Crippen molar-refractivity contribution in [3.63, 3.8) is 0 Å². The van der Waals surface area contributed by atoms with Crippen molar-refractivity contribution in [2.75, 3.05) is 5.32 Å². The summed E-state index contributed by atoms with van der Waals surface area (Å²) in [5.41, 5.74) is 1.24. The average molecular weight is 346 g/mol. The summed E-state index contributed by atoms with van der Waals surface area (Å²) >= 11 is 0. The predicted octanol–water partition coefficient (Wildman–Crippen LogP) is 1.93. The van der Waals surface area contributed by atoms with Gasteiger partial charge in [0, 0.05) is 18.1 Å². The number of pyridine rings is 1. The highest BCUT2D eigenvalue weighted by Gasteiger charge is 2.44. The molecule has 3 rings (SSSR count). The lowest BCUT2D eigenvalue weighted by Gasteiger charge is -2.44. The molecule has 1 amide bonds. The Hall–Kier alpha value is -1.97. The lowest BCUT2D eigenvalue weighted by atomic mass is 9.78. The van der Waals surface area contributed by atoms with Crippen molar-refractivity contribution in [1.29, 1.82) is 0 Å². The summed E-state index contributed by atoms with van der Waals surface area (Å²) in [6.07, 6.45) is 2.88. The number of anilines is 1. The van der Waals surface area contributed by atoms with Gasteiger partial charge in [0.15, 0.2) is 17.2 Å². The van der Waals surface area contributed by atoms with Gasteiger partial charge in [0.2, 0.25) is 5.91 Å². The van der Waals surface area contributed by atoms with E-state index in [2.05, 4.69) is 20.5 Å². The number of hydrogen-bond donors (Lipinski definition) is 2. The molecule has 1 aliphatic rings. The number of H-pyrrole nitrogens is 1. The highest BCUT2D eigenvalue weighted by atomic mass is 16.8. The van der Waals surface area contributed by atoms with E-state index in [-0.39, 0.29) is 5.91 Å². The third-order valence-electron chi connectivity index (χ3n) is 3.72. The molecule has 0 aromatic carbocycles. The minimum atomic E-state index is -0.796. The van der Waals surface area contributed by atoms with Crippen molar-refractivity contribution < 1.29 is 18.8 Å². The van der Waals surface area contributed by atoms with E-state index < -0.39 is 18.7 Å². The Kier molecular flexibility index (Phi) is 4.57. The Morgan fingerprint density at radius 2 is 1.96 bits per heavy atom. The average Bonchev–Trinajstić information content (AvgIpc) is 2.86. The first kappa shape index (κ1) is 17.8. The zero-order valence-corrected chi connectivity index (χ0v) is 15.2. The molecule has 1 fully saturated rings. The van der Waals surface area contributed by atoms with E-state index in [9.17, 15) is 4.79 Å². The fourth-order valence-electron chi connectivity index (χ4n) is 2.88. The van der Waals surface area contributed by atoms with Crippen molar-refractivity contribution in [3.8, 4) is 0 Å². The van der Waals surface area contributed by atoms with Crippen molar-refractivity contribution in [1.82, 2.24) is 15.2 Å². The van der Waals surface area contributed by atoms with Crippen LogP contribution >= 0.6 is 0 Å². The molecule has 1 saturated heterocycles. The molecule has 3 heterocycles. The Balaban J connectivity index is 1.91. The van der Waals surface area contributed by atoms with Crippen LogP contribution < -0.4 is 10.8 Å². The van der Waals surface area contributed by atoms with Crippen LogP contribution in [0.3, 0.4) is 0 Å². The number of ether oxygens (including phenoxy) is 1. The summed E-state index contributed by atoms with van der Waals surface area (Å²) < 4.78 is 17.5. The number of fused-ring (bicyclic) bond motifs is 1. The van der Waals surface area contributed by atoms with Gasteiger partial charge in [-0.3, -0.25) is 9.89 Å². The van der Waals surface area contributed by atoms with Gasteiger partial charge in [-0.05, 0) is 40.2 Å². The first-order valence-electron chi connectivity index (χ1n) is 8.39. The minimum absolute atomic E-state index is 0.0701. The number of aromatic amines is 1. The number of aromatic nitrogens is 3. The topological polar surface area (TPSA) is 98.4 Å². The maximum absolute atomic E-state index is 11.9. The van der Waals surface area contributed by atoms with Crippen LogP contribution in [0.25, 0.3) is 11.0 Å². The molecular formula is C16H23BN4O4. The van der Waals surface area contributed by atoms with E-state index in [1.165, 1.54) is 0 Å². The summed E-state index contributed by atoms with van der Waals surface area (Å²) in [4.78, 5) is 16.2. The summed E-state index contributed by atoms with van der Waals surface area (Å²) in [6.45, 7) is 9.30.